The van der Waals surface area contributed by atoms with Crippen LogP contribution < -0.4 is 5.73 Å². The summed E-state index contributed by atoms with van der Waals surface area (Å²) in [6.07, 6.45) is 8.22. The Kier molecular flexibility index (Phi) is 2.42. The molecule has 0 bridgehead atoms. The first-order valence-corrected chi connectivity index (χ1v) is 4.17. The molecule has 0 atom stereocenters. The predicted octanol–water partition coefficient (Wildman–Crippen LogP) is 0.392. The molecule has 70 valence electrons. The zero-order valence-electron chi connectivity index (χ0n) is 7.46. The van der Waals surface area contributed by atoms with Crippen LogP contribution in [0, 0.1) is 0 Å². The van der Waals surface area contributed by atoms with E-state index in [2.05, 4.69) is 19.9 Å². The van der Waals surface area contributed by atoms with E-state index in [1.807, 2.05) is 0 Å². The van der Waals surface area contributed by atoms with Crippen LogP contribution in [0.1, 0.15) is 5.56 Å². The Morgan fingerprint density at radius 1 is 1.00 bits per heavy atom. The summed E-state index contributed by atoms with van der Waals surface area (Å²) >= 11 is 0. The summed E-state index contributed by atoms with van der Waals surface area (Å²) in [5.74, 6) is 0.565. The minimum atomic E-state index is 0.445. The van der Waals surface area contributed by atoms with E-state index in [1.165, 1.54) is 0 Å². The van der Waals surface area contributed by atoms with E-state index in [9.17, 15) is 0 Å². The lowest BCUT2D eigenvalue weighted by molar-refractivity contribution is 1.00. The van der Waals surface area contributed by atoms with Crippen LogP contribution >= 0.6 is 0 Å². The van der Waals surface area contributed by atoms with E-state index >= 15 is 0 Å². The Morgan fingerprint density at radius 3 is 2.36 bits per heavy atom. The molecule has 2 rings (SSSR count). The quantitative estimate of drug-likeness (QED) is 0.735. The van der Waals surface area contributed by atoms with Gasteiger partial charge in [0, 0.05) is 36.9 Å². The molecule has 2 aromatic rings. The van der Waals surface area contributed by atoms with E-state index < -0.39 is 0 Å². The number of nitrogens with zero attached hydrogens (tertiary/aromatic N) is 4. The second kappa shape index (κ2) is 3.89. The lowest BCUT2D eigenvalue weighted by Gasteiger charge is -1.98. The van der Waals surface area contributed by atoms with Crippen LogP contribution in [-0.2, 0) is 6.54 Å². The molecule has 0 saturated heterocycles. The molecule has 5 heteroatoms. The predicted molar refractivity (Wildman–Crippen MR) is 50.9 cm³/mol. The topological polar surface area (TPSA) is 77.6 Å². The fourth-order valence-corrected chi connectivity index (χ4v) is 1.01. The average molecular weight is 187 g/mol. The Balaban J connectivity index is 2.34. The van der Waals surface area contributed by atoms with Crippen LogP contribution in [0.3, 0.4) is 0 Å². The molecule has 0 aliphatic heterocycles. The van der Waals surface area contributed by atoms with Crippen molar-refractivity contribution in [2.24, 2.45) is 5.73 Å². The maximum atomic E-state index is 5.43. The van der Waals surface area contributed by atoms with Crippen molar-refractivity contribution >= 4 is 0 Å². The van der Waals surface area contributed by atoms with Gasteiger partial charge in [-0.1, -0.05) is 0 Å². The van der Waals surface area contributed by atoms with Crippen molar-refractivity contribution in [3.63, 3.8) is 0 Å². The van der Waals surface area contributed by atoms with E-state index in [1.54, 1.807) is 31.0 Å². The summed E-state index contributed by atoms with van der Waals surface area (Å²) in [4.78, 5) is 16.3. The molecular weight excluding hydrogens is 178 g/mol. The molecule has 0 aromatic carbocycles. The summed E-state index contributed by atoms with van der Waals surface area (Å²) in [5, 5.41) is 0. The minimum absolute atomic E-state index is 0.445. The zero-order chi connectivity index (χ0) is 9.80. The number of aromatic nitrogens is 4. The van der Waals surface area contributed by atoms with Gasteiger partial charge in [-0.3, -0.25) is 4.98 Å². The van der Waals surface area contributed by atoms with Gasteiger partial charge in [-0.2, -0.15) is 0 Å². The average Bonchev–Trinajstić information content (AvgIpc) is 2.30. The van der Waals surface area contributed by atoms with Crippen LogP contribution in [0.5, 0.6) is 0 Å². The number of hydrogen-bond donors (Lipinski definition) is 1. The second-order valence-corrected chi connectivity index (χ2v) is 2.71. The Bertz CT molecular complexity index is 397. The Morgan fingerprint density at radius 2 is 1.79 bits per heavy atom. The third kappa shape index (κ3) is 1.72. The van der Waals surface area contributed by atoms with Crippen LogP contribution in [0.15, 0.2) is 31.0 Å². The fraction of sp³-hybridized carbons (Fsp3) is 0.111. The molecule has 0 amide bonds. The molecule has 0 spiro atoms. The number of rotatable bonds is 2. The summed E-state index contributed by atoms with van der Waals surface area (Å²) in [7, 11) is 0. The van der Waals surface area contributed by atoms with Crippen molar-refractivity contribution in [3.8, 4) is 11.5 Å². The molecule has 5 nitrogen and oxygen atoms in total. The minimum Gasteiger partial charge on any atom is -0.326 e. The smallest absolute Gasteiger partial charge is 0.179 e. The van der Waals surface area contributed by atoms with Crippen molar-refractivity contribution in [1.29, 1.82) is 0 Å². The highest BCUT2D eigenvalue weighted by Gasteiger charge is 2.01. The standard InChI is InChI=1S/C9H9N5/c10-3-7-4-13-9(14-5-7)8-6-11-1-2-12-8/h1-2,4-6H,3,10H2. The highest BCUT2D eigenvalue weighted by Crippen LogP contribution is 2.08. The van der Waals surface area contributed by atoms with Crippen molar-refractivity contribution in [2.45, 2.75) is 6.54 Å². The number of nitrogens with two attached hydrogens (primary N) is 1. The van der Waals surface area contributed by atoms with Gasteiger partial charge in [0.2, 0.25) is 0 Å². The van der Waals surface area contributed by atoms with Crippen molar-refractivity contribution in [2.75, 3.05) is 0 Å². The second-order valence-electron chi connectivity index (χ2n) is 2.71. The van der Waals surface area contributed by atoms with Crippen LogP contribution in [-0.4, -0.2) is 19.9 Å². The zero-order valence-corrected chi connectivity index (χ0v) is 7.46. The van der Waals surface area contributed by atoms with Gasteiger partial charge < -0.3 is 5.73 Å². The first-order valence-electron chi connectivity index (χ1n) is 4.17. The Hall–Kier alpha value is -1.88. The van der Waals surface area contributed by atoms with Gasteiger partial charge in [-0.15, -0.1) is 0 Å². The highest BCUT2D eigenvalue weighted by molar-refractivity contribution is 5.46. The fourth-order valence-electron chi connectivity index (χ4n) is 1.01. The third-order valence-electron chi connectivity index (χ3n) is 1.73. The lowest BCUT2D eigenvalue weighted by atomic mass is 10.3. The van der Waals surface area contributed by atoms with Gasteiger partial charge >= 0.3 is 0 Å². The summed E-state index contributed by atoms with van der Waals surface area (Å²) in [5.41, 5.74) is 6.99. The van der Waals surface area contributed by atoms with Gasteiger partial charge in [-0.25, -0.2) is 15.0 Å². The molecule has 0 aliphatic rings. The van der Waals surface area contributed by atoms with Gasteiger partial charge in [0.25, 0.3) is 0 Å². The van der Waals surface area contributed by atoms with Gasteiger partial charge in [-0.05, 0) is 0 Å². The molecule has 2 aromatic heterocycles. The summed E-state index contributed by atoms with van der Waals surface area (Å²) in [6.45, 7) is 0.445. The molecule has 14 heavy (non-hydrogen) atoms. The van der Waals surface area contributed by atoms with E-state index in [0.717, 1.165) is 5.56 Å². The van der Waals surface area contributed by atoms with Crippen LogP contribution in [0.2, 0.25) is 0 Å². The normalized spacial score (nSPS) is 10.1. The Labute approximate surface area is 81.1 Å². The number of hydrogen-bond acceptors (Lipinski definition) is 5. The van der Waals surface area contributed by atoms with Crippen LogP contribution in [0.4, 0.5) is 0 Å². The van der Waals surface area contributed by atoms with E-state index in [-0.39, 0.29) is 0 Å². The maximum absolute atomic E-state index is 5.43. The largest absolute Gasteiger partial charge is 0.326 e. The van der Waals surface area contributed by atoms with Gasteiger partial charge in [0.15, 0.2) is 5.82 Å². The van der Waals surface area contributed by atoms with E-state index in [4.69, 9.17) is 5.73 Å². The first kappa shape index (κ1) is 8.71. The van der Waals surface area contributed by atoms with Gasteiger partial charge in [0.1, 0.15) is 5.69 Å². The van der Waals surface area contributed by atoms with Gasteiger partial charge in [0.05, 0.1) is 6.20 Å². The van der Waals surface area contributed by atoms with Crippen LogP contribution in [0.25, 0.3) is 11.5 Å². The van der Waals surface area contributed by atoms with Crippen molar-refractivity contribution in [1.82, 2.24) is 19.9 Å². The van der Waals surface area contributed by atoms with Crippen molar-refractivity contribution < 1.29 is 0 Å². The van der Waals surface area contributed by atoms with Crippen molar-refractivity contribution in [3.05, 3.63) is 36.5 Å². The molecule has 0 fully saturated rings. The molecule has 0 radical (unpaired) electrons. The molecule has 0 unspecified atom stereocenters. The lowest BCUT2D eigenvalue weighted by Crippen LogP contribution is -1.99. The molecule has 2 N–H and O–H groups in total. The summed E-state index contributed by atoms with van der Waals surface area (Å²) < 4.78 is 0. The highest BCUT2D eigenvalue weighted by atomic mass is 14.9. The molecular formula is C9H9N5. The first-order chi connectivity index (χ1) is 6.90. The molecule has 0 aliphatic carbocycles. The van der Waals surface area contributed by atoms with E-state index in [0.29, 0.717) is 18.1 Å². The third-order valence-corrected chi connectivity index (χ3v) is 1.73. The monoisotopic (exact) mass is 187 g/mol. The summed E-state index contributed by atoms with van der Waals surface area (Å²) in [6, 6.07) is 0. The molecule has 0 saturated carbocycles. The maximum Gasteiger partial charge on any atom is 0.179 e. The SMILES string of the molecule is NCc1cnc(-c2cnccn2)nc1. The molecule has 2 heterocycles.